The number of halogens is 2. The summed E-state index contributed by atoms with van der Waals surface area (Å²) >= 11 is 12.0. The Bertz CT molecular complexity index is 419. The van der Waals surface area contributed by atoms with Crippen LogP contribution in [0.25, 0.3) is 0 Å². The van der Waals surface area contributed by atoms with Crippen LogP contribution in [0.4, 0.5) is 0 Å². The van der Waals surface area contributed by atoms with Crippen molar-refractivity contribution in [1.29, 1.82) is 0 Å². The van der Waals surface area contributed by atoms with Gasteiger partial charge in [-0.05, 0) is 23.8 Å². The fourth-order valence-corrected chi connectivity index (χ4v) is 2.44. The van der Waals surface area contributed by atoms with Crippen molar-refractivity contribution < 1.29 is 4.79 Å². The standard InChI is InChI=1S/C11H11Cl2NO/c1-11(5-10(15)14-6-11)8-4-7(12)2-3-9(8)13/h2-4H,5-6H2,1H3,(H,14,15). The van der Waals surface area contributed by atoms with Crippen LogP contribution >= 0.6 is 23.2 Å². The van der Waals surface area contributed by atoms with Crippen molar-refractivity contribution in [2.75, 3.05) is 6.54 Å². The summed E-state index contributed by atoms with van der Waals surface area (Å²) in [7, 11) is 0. The van der Waals surface area contributed by atoms with E-state index in [4.69, 9.17) is 23.2 Å². The van der Waals surface area contributed by atoms with Gasteiger partial charge in [-0.25, -0.2) is 0 Å². The topological polar surface area (TPSA) is 29.1 Å². The van der Waals surface area contributed by atoms with Gasteiger partial charge in [0.25, 0.3) is 0 Å². The SMILES string of the molecule is CC1(c2cc(Cl)ccc2Cl)CNC(=O)C1. The van der Waals surface area contributed by atoms with E-state index < -0.39 is 0 Å². The number of benzene rings is 1. The van der Waals surface area contributed by atoms with Crippen molar-refractivity contribution >= 4 is 29.1 Å². The first kappa shape index (κ1) is 10.8. The Kier molecular flexibility index (Phi) is 2.65. The summed E-state index contributed by atoms with van der Waals surface area (Å²) in [5.41, 5.74) is 0.703. The van der Waals surface area contributed by atoms with Gasteiger partial charge in [-0.2, -0.15) is 0 Å². The van der Waals surface area contributed by atoms with E-state index >= 15 is 0 Å². The zero-order chi connectivity index (χ0) is 11.1. The molecule has 1 unspecified atom stereocenters. The minimum Gasteiger partial charge on any atom is -0.355 e. The van der Waals surface area contributed by atoms with Gasteiger partial charge in [-0.15, -0.1) is 0 Å². The van der Waals surface area contributed by atoms with Crippen molar-refractivity contribution in [1.82, 2.24) is 5.32 Å². The highest BCUT2D eigenvalue weighted by atomic mass is 35.5. The third-order valence-electron chi connectivity index (χ3n) is 2.81. The summed E-state index contributed by atoms with van der Waals surface area (Å²) in [6.07, 6.45) is 0.465. The summed E-state index contributed by atoms with van der Waals surface area (Å²) < 4.78 is 0. The molecule has 1 aliphatic rings. The van der Waals surface area contributed by atoms with Crippen LogP contribution < -0.4 is 5.32 Å². The zero-order valence-electron chi connectivity index (χ0n) is 8.31. The summed E-state index contributed by atoms with van der Waals surface area (Å²) in [5.74, 6) is 0.0635. The molecule has 1 atom stereocenters. The van der Waals surface area contributed by atoms with Gasteiger partial charge in [0.1, 0.15) is 0 Å². The Morgan fingerprint density at radius 1 is 1.40 bits per heavy atom. The normalized spacial score (nSPS) is 25.4. The van der Waals surface area contributed by atoms with Crippen LogP contribution in [0.2, 0.25) is 10.0 Å². The van der Waals surface area contributed by atoms with Crippen LogP contribution in [-0.4, -0.2) is 12.5 Å². The average Bonchev–Trinajstić information content (AvgIpc) is 2.52. The van der Waals surface area contributed by atoms with E-state index in [2.05, 4.69) is 5.32 Å². The second-order valence-corrected chi connectivity index (χ2v) is 4.98. The lowest BCUT2D eigenvalue weighted by Gasteiger charge is -2.23. The molecule has 1 amide bonds. The first-order chi connectivity index (χ1) is 7.01. The molecule has 1 aliphatic heterocycles. The average molecular weight is 244 g/mol. The van der Waals surface area contributed by atoms with Crippen molar-refractivity contribution in [3.8, 4) is 0 Å². The quantitative estimate of drug-likeness (QED) is 0.808. The molecule has 1 heterocycles. The maximum Gasteiger partial charge on any atom is 0.220 e. The van der Waals surface area contributed by atoms with Gasteiger partial charge in [0.2, 0.25) is 5.91 Å². The maximum atomic E-state index is 11.2. The molecule has 4 heteroatoms. The molecule has 0 radical (unpaired) electrons. The minimum absolute atomic E-state index is 0.0635. The van der Waals surface area contributed by atoms with Gasteiger partial charge in [0.15, 0.2) is 0 Å². The van der Waals surface area contributed by atoms with Crippen molar-refractivity contribution in [2.24, 2.45) is 0 Å². The molecule has 2 nitrogen and oxygen atoms in total. The van der Waals surface area contributed by atoms with E-state index in [0.717, 1.165) is 5.56 Å². The highest BCUT2D eigenvalue weighted by molar-refractivity contribution is 6.33. The Morgan fingerprint density at radius 3 is 2.73 bits per heavy atom. The first-order valence-electron chi connectivity index (χ1n) is 4.73. The molecule has 0 saturated carbocycles. The Hall–Kier alpha value is -0.730. The number of carbonyl (C=O) groups is 1. The Morgan fingerprint density at radius 2 is 2.13 bits per heavy atom. The molecule has 1 fully saturated rings. The molecule has 2 rings (SSSR count). The lowest BCUT2D eigenvalue weighted by atomic mass is 9.82. The number of rotatable bonds is 1. The van der Waals surface area contributed by atoms with Gasteiger partial charge in [-0.3, -0.25) is 4.79 Å². The number of carbonyl (C=O) groups excluding carboxylic acids is 1. The molecule has 1 saturated heterocycles. The van der Waals surface area contributed by atoms with Gasteiger partial charge in [0, 0.05) is 28.4 Å². The number of hydrogen-bond acceptors (Lipinski definition) is 1. The van der Waals surface area contributed by atoms with Gasteiger partial charge in [0.05, 0.1) is 0 Å². The van der Waals surface area contributed by atoms with Crippen LogP contribution in [0.15, 0.2) is 18.2 Å². The predicted octanol–water partition coefficient (Wildman–Crippen LogP) is 2.77. The molecule has 0 aromatic heterocycles. The van der Waals surface area contributed by atoms with Crippen LogP contribution in [0.5, 0.6) is 0 Å². The third kappa shape index (κ3) is 1.97. The largest absolute Gasteiger partial charge is 0.355 e. The van der Waals surface area contributed by atoms with E-state index in [0.29, 0.717) is 23.0 Å². The maximum absolute atomic E-state index is 11.2. The molecule has 0 spiro atoms. The molecule has 0 aliphatic carbocycles. The first-order valence-corrected chi connectivity index (χ1v) is 5.49. The number of nitrogens with one attached hydrogen (secondary N) is 1. The molecule has 1 aromatic carbocycles. The molecular formula is C11H11Cl2NO. The molecule has 80 valence electrons. The lowest BCUT2D eigenvalue weighted by molar-refractivity contribution is -0.119. The van der Waals surface area contributed by atoms with E-state index in [-0.39, 0.29) is 11.3 Å². The monoisotopic (exact) mass is 243 g/mol. The predicted molar refractivity (Wildman–Crippen MR) is 61.4 cm³/mol. The summed E-state index contributed by atoms with van der Waals surface area (Å²) in [6.45, 7) is 2.63. The summed E-state index contributed by atoms with van der Waals surface area (Å²) in [5, 5.41) is 4.13. The Balaban J connectivity index is 2.44. The van der Waals surface area contributed by atoms with Crippen LogP contribution in [0.3, 0.4) is 0 Å². The van der Waals surface area contributed by atoms with E-state index in [1.54, 1.807) is 12.1 Å². The van der Waals surface area contributed by atoms with Crippen LogP contribution in [0, 0.1) is 0 Å². The van der Waals surface area contributed by atoms with Crippen LogP contribution in [-0.2, 0) is 10.2 Å². The fourth-order valence-electron chi connectivity index (χ4n) is 1.92. The zero-order valence-corrected chi connectivity index (χ0v) is 9.82. The minimum atomic E-state index is -0.237. The van der Waals surface area contributed by atoms with Crippen LogP contribution in [0.1, 0.15) is 18.9 Å². The second-order valence-electron chi connectivity index (χ2n) is 4.14. The van der Waals surface area contributed by atoms with Crippen molar-refractivity contribution in [3.05, 3.63) is 33.8 Å². The van der Waals surface area contributed by atoms with Crippen molar-refractivity contribution in [2.45, 2.75) is 18.8 Å². The molecule has 15 heavy (non-hydrogen) atoms. The number of hydrogen-bond donors (Lipinski definition) is 1. The molecule has 1 aromatic rings. The molecule has 1 N–H and O–H groups in total. The van der Waals surface area contributed by atoms with Gasteiger partial charge < -0.3 is 5.32 Å². The Labute approximate surface area is 98.6 Å². The third-order valence-corrected chi connectivity index (χ3v) is 3.37. The van der Waals surface area contributed by atoms with E-state index in [1.807, 2.05) is 13.0 Å². The number of amides is 1. The molecule has 0 bridgehead atoms. The van der Waals surface area contributed by atoms with E-state index in [1.165, 1.54) is 0 Å². The highest BCUT2D eigenvalue weighted by Gasteiger charge is 2.36. The van der Waals surface area contributed by atoms with Crippen molar-refractivity contribution in [3.63, 3.8) is 0 Å². The summed E-state index contributed by atoms with van der Waals surface area (Å²) in [6, 6.07) is 5.36. The van der Waals surface area contributed by atoms with Gasteiger partial charge >= 0.3 is 0 Å². The van der Waals surface area contributed by atoms with E-state index in [9.17, 15) is 4.79 Å². The highest BCUT2D eigenvalue weighted by Crippen LogP contribution is 2.36. The molecular weight excluding hydrogens is 233 g/mol. The smallest absolute Gasteiger partial charge is 0.220 e. The van der Waals surface area contributed by atoms with Gasteiger partial charge in [-0.1, -0.05) is 30.1 Å². The lowest BCUT2D eigenvalue weighted by Crippen LogP contribution is -2.25. The second kappa shape index (κ2) is 3.69. The fraction of sp³-hybridized carbons (Fsp3) is 0.364. The summed E-state index contributed by atoms with van der Waals surface area (Å²) in [4.78, 5) is 11.2.